The molecule has 0 saturated heterocycles. The largest absolute Gasteiger partial charge is 0.496 e. The van der Waals surface area contributed by atoms with Gasteiger partial charge in [-0.1, -0.05) is 5.16 Å². The zero-order valence-electron chi connectivity index (χ0n) is 11.7. The summed E-state index contributed by atoms with van der Waals surface area (Å²) >= 11 is 0. The average Bonchev–Trinajstić information content (AvgIpc) is 2.74. The Kier molecular flexibility index (Phi) is 3.64. The molecule has 5 nitrogen and oxygen atoms in total. The molecule has 0 bridgehead atoms. The van der Waals surface area contributed by atoms with E-state index in [0.717, 1.165) is 28.3 Å². The van der Waals surface area contributed by atoms with Crippen LogP contribution in [0.3, 0.4) is 0 Å². The van der Waals surface area contributed by atoms with Crippen LogP contribution in [-0.4, -0.2) is 19.3 Å². The predicted octanol–water partition coefficient (Wildman–Crippen LogP) is 2.52. The van der Waals surface area contributed by atoms with Crippen molar-refractivity contribution in [3.63, 3.8) is 0 Å². The second-order valence-corrected chi connectivity index (χ2v) is 4.69. The highest BCUT2D eigenvalue weighted by molar-refractivity contribution is 5.56. The summed E-state index contributed by atoms with van der Waals surface area (Å²) in [6.45, 7) is 4.70. The Hall–Kier alpha value is -2.17. The summed E-state index contributed by atoms with van der Waals surface area (Å²) in [6, 6.07) is 5.91. The number of hydrogen-bond acceptors (Lipinski definition) is 5. The third-order valence-corrected chi connectivity index (χ3v) is 3.06. The van der Waals surface area contributed by atoms with Gasteiger partial charge >= 0.3 is 0 Å². The molecule has 1 aromatic carbocycles. The normalized spacial score (nSPS) is 10.5. The lowest BCUT2D eigenvalue weighted by Crippen LogP contribution is -2.16. The van der Waals surface area contributed by atoms with Crippen molar-refractivity contribution in [3.8, 4) is 5.75 Å². The van der Waals surface area contributed by atoms with E-state index in [1.165, 1.54) is 0 Å². The van der Waals surface area contributed by atoms with Crippen molar-refractivity contribution in [2.24, 2.45) is 0 Å². The summed E-state index contributed by atoms with van der Waals surface area (Å²) in [7, 11) is 3.69. The molecule has 0 aliphatic rings. The Morgan fingerprint density at radius 2 is 1.89 bits per heavy atom. The third kappa shape index (κ3) is 2.81. The maximum Gasteiger partial charge on any atom is 0.167 e. The highest BCUT2D eigenvalue weighted by atomic mass is 16.5. The van der Waals surface area contributed by atoms with Gasteiger partial charge < -0.3 is 19.9 Å². The number of methoxy groups -OCH3 is 1. The summed E-state index contributed by atoms with van der Waals surface area (Å²) in [6.07, 6.45) is 0. The van der Waals surface area contributed by atoms with E-state index in [2.05, 4.69) is 22.2 Å². The molecule has 1 aromatic heterocycles. The molecule has 0 aliphatic carbocycles. The zero-order chi connectivity index (χ0) is 14.0. The van der Waals surface area contributed by atoms with E-state index < -0.39 is 0 Å². The van der Waals surface area contributed by atoms with E-state index >= 15 is 0 Å². The molecule has 0 unspecified atom stereocenters. The minimum Gasteiger partial charge on any atom is -0.496 e. The van der Waals surface area contributed by atoms with Crippen LogP contribution in [0.2, 0.25) is 0 Å². The number of anilines is 2. The number of rotatable bonds is 4. The zero-order valence-corrected chi connectivity index (χ0v) is 11.7. The molecule has 5 heteroatoms. The second-order valence-electron chi connectivity index (χ2n) is 4.69. The standard InChI is InChI=1S/C14H19N3O2/c1-9-5-11(6-10(2)14(9)18-4)17(3)8-12-7-13(15)16-19-12/h5-7H,8H2,1-4H3,(H2,15,16). The molecule has 2 rings (SSSR count). The topological polar surface area (TPSA) is 64.5 Å². The molecule has 102 valence electrons. The van der Waals surface area contributed by atoms with Crippen LogP contribution in [0.25, 0.3) is 0 Å². The van der Waals surface area contributed by atoms with E-state index in [1.54, 1.807) is 13.2 Å². The van der Waals surface area contributed by atoms with Crippen molar-refractivity contribution < 1.29 is 9.26 Å². The van der Waals surface area contributed by atoms with Gasteiger partial charge in [-0.05, 0) is 37.1 Å². The molecule has 2 N–H and O–H groups in total. The summed E-state index contributed by atoms with van der Waals surface area (Å²) in [5.41, 5.74) is 8.87. The van der Waals surface area contributed by atoms with Crippen LogP contribution in [-0.2, 0) is 6.54 Å². The summed E-state index contributed by atoms with van der Waals surface area (Å²) < 4.78 is 10.5. The smallest absolute Gasteiger partial charge is 0.167 e. The van der Waals surface area contributed by atoms with Gasteiger partial charge in [0, 0.05) is 18.8 Å². The van der Waals surface area contributed by atoms with E-state index in [1.807, 2.05) is 20.9 Å². The molecule has 1 heterocycles. The predicted molar refractivity (Wildman–Crippen MR) is 75.5 cm³/mol. The highest BCUT2D eigenvalue weighted by Crippen LogP contribution is 2.29. The Morgan fingerprint density at radius 1 is 1.26 bits per heavy atom. The third-order valence-electron chi connectivity index (χ3n) is 3.06. The van der Waals surface area contributed by atoms with Gasteiger partial charge in [-0.2, -0.15) is 0 Å². The number of nitrogens with zero attached hydrogens (tertiary/aromatic N) is 2. The fraction of sp³-hybridized carbons (Fsp3) is 0.357. The average molecular weight is 261 g/mol. The Balaban J connectivity index is 2.22. The first-order valence-electron chi connectivity index (χ1n) is 6.08. The van der Waals surface area contributed by atoms with Gasteiger partial charge in [-0.25, -0.2) is 0 Å². The first kappa shape index (κ1) is 13.3. The van der Waals surface area contributed by atoms with E-state index in [4.69, 9.17) is 15.0 Å². The van der Waals surface area contributed by atoms with Crippen molar-refractivity contribution >= 4 is 11.5 Å². The maximum atomic E-state index is 5.54. The highest BCUT2D eigenvalue weighted by Gasteiger charge is 2.10. The van der Waals surface area contributed by atoms with Crippen LogP contribution in [0, 0.1) is 13.8 Å². The van der Waals surface area contributed by atoms with Gasteiger partial charge in [0.25, 0.3) is 0 Å². The number of benzene rings is 1. The van der Waals surface area contributed by atoms with Crippen molar-refractivity contribution in [2.75, 3.05) is 24.8 Å². The minimum absolute atomic E-state index is 0.408. The van der Waals surface area contributed by atoms with Gasteiger partial charge in [-0.15, -0.1) is 0 Å². The summed E-state index contributed by atoms with van der Waals surface area (Å²) in [4.78, 5) is 2.08. The van der Waals surface area contributed by atoms with Gasteiger partial charge in [0.05, 0.1) is 13.7 Å². The Bertz CT molecular complexity index is 555. The van der Waals surface area contributed by atoms with Crippen LogP contribution >= 0.6 is 0 Å². The van der Waals surface area contributed by atoms with Crippen LogP contribution in [0.4, 0.5) is 11.5 Å². The molecule has 19 heavy (non-hydrogen) atoms. The molecule has 2 aromatic rings. The van der Waals surface area contributed by atoms with Crippen LogP contribution in [0.1, 0.15) is 16.9 Å². The lowest BCUT2D eigenvalue weighted by molar-refractivity contribution is 0.385. The van der Waals surface area contributed by atoms with Crippen LogP contribution in [0.5, 0.6) is 5.75 Å². The molecule has 0 saturated carbocycles. The van der Waals surface area contributed by atoms with Crippen LogP contribution in [0.15, 0.2) is 22.7 Å². The van der Waals surface area contributed by atoms with Gasteiger partial charge in [0.2, 0.25) is 0 Å². The molecule has 0 amide bonds. The van der Waals surface area contributed by atoms with Crippen molar-refractivity contribution in [3.05, 3.63) is 35.1 Å². The minimum atomic E-state index is 0.408. The van der Waals surface area contributed by atoms with Crippen molar-refractivity contribution in [1.82, 2.24) is 5.16 Å². The molecule has 0 spiro atoms. The summed E-state index contributed by atoms with van der Waals surface area (Å²) in [5.74, 6) is 2.08. The van der Waals surface area contributed by atoms with E-state index in [0.29, 0.717) is 12.4 Å². The summed E-state index contributed by atoms with van der Waals surface area (Å²) in [5, 5.41) is 3.68. The number of ether oxygens (including phenoxy) is 1. The van der Waals surface area contributed by atoms with Gasteiger partial charge in [0.1, 0.15) is 5.75 Å². The molecule has 0 atom stereocenters. The number of hydrogen-bond donors (Lipinski definition) is 1. The van der Waals surface area contributed by atoms with Gasteiger partial charge in [-0.3, -0.25) is 0 Å². The number of nitrogen functional groups attached to an aromatic ring is 1. The first-order valence-corrected chi connectivity index (χ1v) is 6.08. The first-order chi connectivity index (χ1) is 9.01. The van der Waals surface area contributed by atoms with E-state index in [-0.39, 0.29) is 0 Å². The Labute approximate surface area is 112 Å². The number of aromatic nitrogens is 1. The molecule has 0 fully saturated rings. The second kappa shape index (κ2) is 5.22. The maximum absolute atomic E-state index is 5.54. The quantitative estimate of drug-likeness (QED) is 0.916. The van der Waals surface area contributed by atoms with Crippen molar-refractivity contribution in [1.29, 1.82) is 0 Å². The van der Waals surface area contributed by atoms with Crippen molar-refractivity contribution in [2.45, 2.75) is 20.4 Å². The lowest BCUT2D eigenvalue weighted by Gasteiger charge is -2.20. The number of nitrogens with two attached hydrogens (primary N) is 1. The Morgan fingerprint density at radius 3 is 2.37 bits per heavy atom. The fourth-order valence-electron chi connectivity index (χ4n) is 2.20. The monoisotopic (exact) mass is 261 g/mol. The molecule has 0 aliphatic heterocycles. The van der Waals surface area contributed by atoms with Crippen LogP contribution < -0.4 is 15.4 Å². The van der Waals surface area contributed by atoms with Gasteiger partial charge in [0.15, 0.2) is 11.6 Å². The lowest BCUT2D eigenvalue weighted by atomic mass is 10.1. The molecular weight excluding hydrogens is 242 g/mol. The molecule has 0 radical (unpaired) electrons. The van der Waals surface area contributed by atoms with E-state index in [9.17, 15) is 0 Å². The fourth-order valence-corrected chi connectivity index (χ4v) is 2.20. The number of aryl methyl sites for hydroxylation is 2. The SMILES string of the molecule is COc1c(C)cc(N(C)Cc2cc(N)no2)cc1C. The molecular formula is C14H19N3O2.